The Morgan fingerprint density at radius 1 is 1.44 bits per heavy atom. The first-order valence-electron chi connectivity index (χ1n) is 6.13. The molecule has 2 rings (SSSR count). The molecule has 98 valence electrons. The molecule has 1 saturated carbocycles. The highest BCUT2D eigenvalue weighted by atomic mass is 16.5. The molecular weight excluding hydrogens is 230 g/mol. The summed E-state index contributed by atoms with van der Waals surface area (Å²) in [5.41, 5.74) is 1.32. The van der Waals surface area contributed by atoms with Crippen LogP contribution in [0, 0.1) is 13.8 Å². The molecule has 5 heteroatoms. The zero-order valence-corrected chi connectivity index (χ0v) is 11.3. The number of nitrogens with zero attached hydrogens (tertiary/aromatic N) is 3. The zero-order valence-electron chi connectivity index (χ0n) is 11.3. The number of methoxy groups -OCH3 is 1. The fraction of sp³-hybridized carbons (Fsp3) is 0.615. The van der Waals surface area contributed by atoms with Crippen LogP contribution in [0.4, 0.5) is 0 Å². The number of hydrogen-bond acceptors (Lipinski definition) is 4. The highest BCUT2D eigenvalue weighted by Crippen LogP contribution is 2.28. The molecule has 1 fully saturated rings. The highest BCUT2D eigenvalue weighted by molar-refractivity contribution is 5.95. The van der Waals surface area contributed by atoms with E-state index in [1.807, 2.05) is 20.9 Å². The Bertz CT molecular complexity index is 456. The van der Waals surface area contributed by atoms with Crippen LogP contribution < -0.4 is 0 Å². The molecular formula is C13H19N3O2. The van der Waals surface area contributed by atoms with Crippen LogP contribution in [0.3, 0.4) is 0 Å². The van der Waals surface area contributed by atoms with Crippen LogP contribution in [0.5, 0.6) is 0 Å². The number of carbonyl (C=O) groups excluding carboxylic acids is 1. The molecule has 0 aromatic carbocycles. The fourth-order valence-corrected chi connectivity index (χ4v) is 2.20. The topological polar surface area (TPSA) is 55.3 Å². The molecule has 0 bridgehead atoms. The van der Waals surface area contributed by atoms with Crippen LogP contribution in [0.15, 0.2) is 6.20 Å². The Kier molecular flexibility index (Phi) is 3.61. The molecule has 0 aliphatic heterocycles. The summed E-state index contributed by atoms with van der Waals surface area (Å²) in [5, 5.41) is 0. The molecule has 0 unspecified atom stereocenters. The smallest absolute Gasteiger partial charge is 0.257 e. The lowest BCUT2D eigenvalue weighted by molar-refractivity contribution is -0.0145. The van der Waals surface area contributed by atoms with Gasteiger partial charge in [-0.1, -0.05) is 0 Å². The van der Waals surface area contributed by atoms with Crippen LogP contribution in [0.1, 0.15) is 34.7 Å². The molecule has 1 amide bonds. The maximum atomic E-state index is 12.3. The molecule has 1 heterocycles. The van der Waals surface area contributed by atoms with E-state index in [2.05, 4.69) is 9.97 Å². The van der Waals surface area contributed by atoms with E-state index < -0.39 is 0 Å². The van der Waals surface area contributed by atoms with Crippen molar-refractivity contribution in [3.05, 3.63) is 23.3 Å². The van der Waals surface area contributed by atoms with Crippen molar-refractivity contribution in [1.82, 2.24) is 14.9 Å². The number of ether oxygens (including phenoxy) is 1. The second kappa shape index (κ2) is 5.02. The average molecular weight is 249 g/mol. The van der Waals surface area contributed by atoms with E-state index in [0.717, 1.165) is 18.5 Å². The maximum Gasteiger partial charge on any atom is 0.257 e. The van der Waals surface area contributed by atoms with E-state index in [-0.39, 0.29) is 11.9 Å². The summed E-state index contributed by atoms with van der Waals surface area (Å²) in [5.74, 6) is 0.682. The predicted octanol–water partition coefficient (Wildman–Crippen LogP) is 1.34. The number of carbonyl (C=O) groups is 1. The monoisotopic (exact) mass is 249 g/mol. The first kappa shape index (κ1) is 13.0. The van der Waals surface area contributed by atoms with E-state index in [9.17, 15) is 4.79 Å². The number of aromatic nitrogens is 2. The van der Waals surface area contributed by atoms with E-state index in [1.165, 1.54) is 0 Å². The molecule has 18 heavy (non-hydrogen) atoms. The van der Waals surface area contributed by atoms with Crippen molar-refractivity contribution in [3.63, 3.8) is 0 Å². The average Bonchev–Trinajstić information content (AvgIpc) is 2.26. The van der Waals surface area contributed by atoms with Crippen LogP contribution in [-0.4, -0.2) is 47.1 Å². The molecule has 0 spiro atoms. The molecule has 1 aromatic heterocycles. The van der Waals surface area contributed by atoms with Gasteiger partial charge in [0.15, 0.2) is 0 Å². The summed E-state index contributed by atoms with van der Waals surface area (Å²) in [6, 6.07) is 0.267. The van der Waals surface area contributed by atoms with Crippen molar-refractivity contribution in [2.75, 3.05) is 14.2 Å². The highest BCUT2D eigenvalue weighted by Gasteiger charge is 2.34. The van der Waals surface area contributed by atoms with Crippen LogP contribution in [0.25, 0.3) is 0 Å². The predicted molar refractivity (Wildman–Crippen MR) is 67.4 cm³/mol. The lowest BCUT2D eigenvalue weighted by Crippen LogP contribution is -2.48. The largest absolute Gasteiger partial charge is 0.381 e. The van der Waals surface area contributed by atoms with E-state index in [1.54, 1.807) is 18.2 Å². The molecule has 0 N–H and O–H groups in total. The van der Waals surface area contributed by atoms with Crippen LogP contribution in [0.2, 0.25) is 0 Å². The van der Waals surface area contributed by atoms with Gasteiger partial charge in [-0.2, -0.15) is 0 Å². The summed E-state index contributed by atoms with van der Waals surface area (Å²) in [7, 11) is 3.54. The second-order valence-electron chi connectivity index (χ2n) is 4.82. The maximum absolute atomic E-state index is 12.3. The summed E-state index contributed by atoms with van der Waals surface area (Å²) >= 11 is 0. The number of aryl methyl sites for hydroxylation is 2. The van der Waals surface area contributed by atoms with Crippen molar-refractivity contribution >= 4 is 5.91 Å². The van der Waals surface area contributed by atoms with Gasteiger partial charge in [-0.3, -0.25) is 4.79 Å². The Balaban J connectivity index is 2.07. The van der Waals surface area contributed by atoms with Gasteiger partial charge in [-0.05, 0) is 26.7 Å². The van der Waals surface area contributed by atoms with Gasteiger partial charge < -0.3 is 9.64 Å². The standard InChI is InChI=1S/C13H19N3O2/c1-8-12(7-14-9(2)15-8)13(17)16(3)10-5-11(6-10)18-4/h7,10-11H,5-6H2,1-4H3. The van der Waals surface area contributed by atoms with Crippen molar-refractivity contribution in [2.24, 2.45) is 0 Å². The number of amides is 1. The third kappa shape index (κ3) is 2.36. The van der Waals surface area contributed by atoms with E-state index in [4.69, 9.17) is 4.74 Å². The lowest BCUT2D eigenvalue weighted by Gasteiger charge is -2.40. The second-order valence-corrected chi connectivity index (χ2v) is 4.82. The summed E-state index contributed by atoms with van der Waals surface area (Å²) < 4.78 is 5.23. The van der Waals surface area contributed by atoms with Gasteiger partial charge in [0.05, 0.1) is 17.4 Å². The van der Waals surface area contributed by atoms with Gasteiger partial charge in [0, 0.05) is 26.4 Å². The first-order chi connectivity index (χ1) is 8.52. The van der Waals surface area contributed by atoms with Crippen molar-refractivity contribution in [3.8, 4) is 0 Å². The summed E-state index contributed by atoms with van der Waals surface area (Å²) in [4.78, 5) is 22.4. The molecule has 1 aliphatic carbocycles. The van der Waals surface area contributed by atoms with Crippen LogP contribution in [-0.2, 0) is 4.74 Å². The van der Waals surface area contributed by atoms with Crippen molar-refractivity contribution < 1.29 is 9.53 Å². The van der Waals surface area contributed by atoms with Gasteiger partial charge in [0.1, 0.15) is 5.82 Å². The van der Waals surface area contributed by atoms with Crippen molar-refractivity contribution in [2.45, 2.75) is 38.8 Å². The number of rotatable bonds is 3. The SMILES string of the molecule is COC1CC(N(C)C(=O)c2cnc(C)nc2C)C1. The minimum Gasteiger partial charge on any atom is -0.381 e. The first-order valence-corrected chi connectivity index (χ1v) is 6.13. The van der Waals surface area contributed by atoms with Gasteiger partial charge in [0.25, 0.3) is 5.91 Å². The molecule has 1 aromatic rings. The normalized spacial score (nSPS) is 22.4. The Labute approximate surface area is 107 Å². The Morgan fingerprint density at radius 2 is 2.11 bits per heavy atom. The minimum atomic E-state index is -0.00736. The minimum absolute atomic E-state index is 0.00736. The fourth-order valence-electron chi connectivity index (χ4n) is 2.20. The van der Waals surface area contributed by atoms with Gasteiger partial charge in [-0.25, -0.2) is 9.97 Å². The van der Waals surface area contributed by atoms with Gasteiger partial charge >= 0.3 is 0 Å². The quantitative estimate of drug-likeness (QED) is 0.811. The third-order valence-electron chi connectivity index (χ3n) is 3.60. The van der Waals surface area contributed by atoms with Gasteiger partial charge in [0.2, 0.25) is 0 Å². The van der Waals surface area contributed by atoms with E-state index >= 15 is 0 Å². The third-order valence-corrected chi connectivity index (χ3v) is 3.60. The molecule has 0 radical (unpaired) electrons. The summed E-state index contributed by atoms with van der Waals surface area (Å²) in [6.07, 6.45) is 3.72. The zero-order chi connectivity index (χ0) is 13.3. The molecule has 0 atom stereocenters. The molecule has 0 saturated heterocycles. The number of hydrogen-bond donors (Lipinski definition) is 0. The summed E-state index contributed by atoms with van der Waals surface area (Å²) in [6.45, 7) is 3.66. The van der Waals surface area contributed by atoms with Crippen LogP contribution >= 0.6 is 0 Å². The molecule has 5 nitrogen and oxygen atoms in total. The van der Waals surface area contributed by atoms with E-state index in [0.29, 0.717) is 17.5 Å². The van der Waals surface area contributed by atoms with Gasteiger partial charge in [-0.15, -0.1) is 0 Å². The Hall–Kier alpha value is -1.49. The molecule has 1 aliphatic rings. The lowest BCUT2D eigenvalue weighted by atomic mass is 9.88. The van der Waals surface area contributed by atoms with Crippen molar-refractivity contribution in [1.29, 1.82) is 0 Å². The Morgan fingerprint density at radius 3 is 2.67 bits per heavy atom.